The first-order valence-corrected chi connectivity index (χ1v) is 10.1. The number of aromatic hydroxyl groups is 2. The quantitative estimate of drug-likeness (QED) is 0.712. The van der Waals surface area contributed by atoms with Crippen molar-refractivity contribution in [3.8, 4) is 11.5 Å². The third-order valence-electron chi connectivity index (χ3n) is 4.61. The van der Waals surface area contributed by atoms with Crippen LogP contribution in [0.1, 0.15) is 21.5 Å². The molecule has 1 aliphatic rings. The highest BCUT2D eigenvalue weighted by molar-refractivity contribution is 7.89. The lowest BCUT2D eigenvalue weighted by molar-refractivity contribution is 0.0777. The number of hydrogen-bond acceptors (Lipinski definition) is 5. The summed E-state index contributed by atoms with van der Waals surface area (Å²) in [6, 6.07) is 5.17. The number of carbonyl (C=O) groups is 1. The maximum Gasteiger partial charge on any atom is 0.258 e. The van der Waals surface area contributed by atoms with Crippen molar-refractivity contribution in [1.82, 2.24) is 9.21 Å². The van der Waals surface area contributed by atoms with Crippen LogP contribution in [0, 0.1) is 5.82 Å². The molecular weight excluding hydrogens is 411 g/mol. The van der Waals surface area contributed by atoms with Crippen molar-refractivity contribution in [1.29, 1.82) is 0 Å². The molecule has 0 fully saturated rings. The van der Waals surface area contributed by atoms with Crippen molar-refractivity contribution in [3.63, 3.8) is 0 Å². The van der Waals surface area contributed by atoms with Gasteiger partial charge in [0.25, 0.3) is 5.91 Å². The fourth-order valence-electron chi connectivity index (χ4n) is 3.05. The zero-order valence-corrected chi connectivity index (χ0v) is 16.7. The molecule has 0 spiro atoms. The third kappa shape index (κ3) is 3.41. The standard InChI is InChI=1S/C18H18ClFN2O5S/c1-21(2)28(26,27)15-8-14(23)17(24)16-11(15)9-22(18(16)25)6-5-10-3-4-13(20)12(19)7-10/h3-4,7-8,23-24H,5-6,9H2,1-2H3. The van der Waals surface area contributed by atoms with Crippen LogP contribution in [0.3, 0.4) is 0 Å². The van der Waals surface area contributed by atoms with Gasteiger partial charge in [-0.2, -0.15) is 0 Å². The van der Waals surface area contributed by atoms with E-state index in [1.54, 1.807) is 6.07 Å². The second kappa shape index (κ2) is 7.23. The summed E-state index contributed by atoms with van der Waals surface area (Å²) in [7, 11) is -1.28. The Kier molecular flexibility index (Phi) is 5.26. The van der Waals surface area contributed by atoms with Gasteiger partial charge in [-0.1, -0.05) is 17.7 Å². The van der Waals surface area contributed by atoms with E-state index in [2.05, 4.69) is 0 Å². The number of benzene rings is 2. The monoisotopic (exact) mass is 428 g/mol. The maximum atomic E-state index is 13.3. The summed E-state index contributed by atoms with van der Waals surface area (Å²) in [4.78, 5) is 13.8. The topological polar surface area (TPSA) is 98.2 Å². The first-order chi connectivity index (χ1) is 13.0. The summed E-state index contributed by atoms with van der Waals surface area (Å²) in [5.74, 6) is -2.47. The molecule has 2 aromatic carbocycles. The Balaban J connectivity index is 1.93. The van der Waals surface area contributed by atoms with Crippen molar-refractivity contribution in [3.05, 3.63) is 51.8 Å². The van der Waals surface area contributed by atoms with E-state index < -0.39 is 33.2 Å². The first-order valence-electron chi connectivity index (χ1n) is 8.27. The van der Waals surface area contributed by atoms with E-state index in [4.69, 9.17) is 11.6 Å². The van der Waals surface area contributed by atoms with Gasteiger partial charge in [-0.15, -0.1) is 0 Å². The van der Waals surface area contributed by atoms with Crippen LogP contribution in [0.5, 0.6) is 11.5 Å². The predicted octanol–water partition coefficient (Wildman–Crippen LogP) is 2.34. The molecule has 0 saturated carbocycles. The number of phenolic OH excluding ortho intramolecular Hbond substituents is 2. The zero-order valence-electron chi connectivity index (χ0n) is 15.1. The fourth-order valence-corrected chi connectivity index (χ4v) is 4.38. The maximum absolute atomic E-state index is 13.3. The van der Waals surface area contributed by atoms with E-state index in [1.807, 2.05) is 0 Å². The van der Waals surface area contributed by atoms with Gasteiger partial charge in [0.1, 0.15) is 5.82 Å². The Hall–Kier alpha value is -2.36. The van der Waals surface area contributed by atoms with Crippen LogP contribution in [0.4, 0.5) is 4.39 Å². The number of rotatable bonds is 5. The van der Waals surface area contributed by atoms with Crippen LogP contribution in [0.25, 0.3) is 0 Å². The minimum Gasteiger partial charge on any atom is -0.504 e. The fraction of sp³-hybridized carbons (Fsp3) is 0.278. The lowest BCUT2D eigenvalue weighted by atomic mass is 10.1. The van der Waals surface area contributed by atoms with Crippen molar-refractivity contribution >= 4 is 27.5 Å². The summed E-state index contributed by atoms with van der Waals surface area (Å²) < 4.78 is 39.4. The highest BCUT2D eigenvalue weighted by Crippen LogP contribution is 2.41. The van der Waals surface area contributed by atoms with Gasteiger partial charge in [-0.25, -0.2) is 17.1 Å². The Labute approximate surface area is 166 Å². The van der Waals surface area contributed by atoms with E-state index in [9.17, 15) is 27.8 Å². The molecule has 7 nitrogen and oxygen atoms in total. The Morgan fingerprint density at radius 3 is 2.54 bits per heavy atom. The van der Waals surface area contributed by atoms with Gasteiger partial charge in [0.05, 0.1) is 15.5 Å². The SMILES string of the molecule is CN(C)S(=O)(=O)c1cc(O)c(O)c2c1CN(CCc1ccc(F)c(Cl)c1)C2=O. The van der Waals surface area contributed by atoms with Gasteiger partial charge in [0.15, 0.2) is 11.5 Å². The predicted molar refractivity (Wildman–Crippen MR) is 100 cm³/mol. The number of sulfonamides is 1. The Bertz CT molecular complexity index is 1070. The number of fused-ring (bicyclic) bond motifs is 1. The second-order valence-electron chi connectivity index (χ2n) is 6.61. The molecule has 0 unspecified atom stereocenters. The normalized spacial score (nSPS) is 14.0. The van der Waals surface area contributed by atoms with E-state index in [0.29, 0.717) is 12.0 Å². The number of phenols is 2. The van der Waals surface area contributed by atoms with Crippen molar-refractivity contribution in [2.75, 3.05) is 20.6 Å². The summed E-state index contributed by atoms with van der Waals surface area (Å²) >= 11 is 5.76. The summed E-state index contributed by atoms with van der Waals surface area (Å²) in [6.45, 7) is 0.149. The Morgan fingerprint density at radius 2 is 1.93 bits per heavy atom. The molecule has 2 aromatic rings. The van der Waals surface area contributed by atoms with Crippen molar-refractivity contribution in [2.45, 2.75) is 17.9 Å². The molecule has 3 rings (SSSR count). The highest BCUT2D eigenvalue weighted by Gasteiger charge is 2.37. The molecule has 28 heavy (non-hydrogen) atoms. The second-order valence-corrected chi connectivity index (χ2v) is 9.14. The number of amides is 1. The largest absolute Gasteiger partial charge is 0.504 e. The molecule has 0 radical (unpaired) electrons. The average molecular weight is 429 g/mol. The number of halogens is 2. The van der Waals surface area contributed by atoms with Gasteiger partial charge < -0.3 is 15.1 Å². The summed E-state index contributed by atoms with van der Waals surface area (Å²) in [5, 5.41) is 20.0. The van der Waals surface area contributed by atoms with E-state index in [1.165, 1.54) is 31.1 Å². The van der Waals surface area contributed by atoms with Crippen LogP contribution >= 0.6 is 11.6 Å². The molecule has 0 aromatic heterocycles. The van der Waals surface area contributed by atoms with Gasteiger partial charge in [-0.05, 0) is 24.1 Å². The molecule has 0 bridgehead atoms. The summed E-state index contributed by atoms with van der Waals surface area (Å²) in [5.41, 5.74) is 0.604. The molecule has 0 saturated heterocycles. The van der Waals surface area contributed by atoms with E-state index in [0.717, 1.165) is 10.4 Å². The molecule has 1 aliphatic heterocycles. The van der Waals surface area contributed by atoms with Crippen LogP contribution in [-0.2, 0) is 23.0 Å². The van der Waals surface area contributed by atoms with E-state index >= 15 is 0 Å². The van der Waals surface area contributed by atoms with Gasteiger partial charge in [0.2, 0.25) is 10.0 Å². The first kappa shape index (κ1) is 20.4. The highest BCUT2D eigenvalue weighted by atomic mass is 35.5. The molecule has 0 aliphatic carbocycles. The minimum absolute atomic E-state index is 0.0320. The summed E-state index contributed by atoms with van der Waals surface area (Å²) in [6.07, 6.45) is 0.349. The molecule has 0 atom stereocenters. The molecular formula is C18H18ClFN2O5S. The number of nitrogens with zero attached hydrogens (tertiary/aromatic N) is 2. The van der Waals surface area contributed by atoms with Crippen LogP contribution < -0.4 is 0 Å². The van der Waals surface area contributed by atoms with Gasteiger partial charge in [0, 0.05) is 38.8 Å². The lowest BCUT2D eigenvalue weighted by Gasteiger charge is -2.16. The average Bonchev–Trinajstić information content (AvgIpc) is 2.95. The minimum atomic E-state index is -3.94. The van der Waals surface area contributed by atoms with E-state index in [-0.39, 0.29) is 34.1 Å². The van der Waals surface area contributed by atoms with Crippen LogP contribution in [0.15, 0.2) is 29.2 Å². The zero-order chi connectivity index (χ0) is 20.8. The number of hydrogen-bond donors (Lipinski definition) is 2. The van der Waals surface area contributed by atoms with Crippen LogP contribution in [-0.4, -0.2) is 54.4 Å². The van der Waals surface area contributed by atoms with Crippen molar-refractivity contribution < 1.29 is 27.8 Å². The number of carbonyl (C=O) groups excluding carboxylic acids is 1. The third-order valence-corrected chi connectivity index (χ3v) is 6.78. The van der Waals surface area contributed by atoms with Gasteiger partial charge >= 0.3 is 0 Å². The molecule has 1 heterocycles. The van der Waals surface area contributed by atoms with Gasteiger partial charge in [-0.3, -0.25) is 4.79 Å². The molecule has 10 heteroatoms. The molecule has 150 valence electrons. The Morgan fingerprint density at radius 1 is 1.25 bits per heavy atom. The smallest absolute Gasteiger partial charge is 0.258 e. The van der Waals surface area contributed by atoms with Crippen LogP contribution in [0.2, 0.25) is 5.02 Å². The lowest BCUT2D eigenvalue weighted by Crippen LogP contribution is -2.26. The molecule has 1 amide bonds. The molecule has 2 N–H and O–H groups in total. The van der Waals surface area contributed by atoms with Crippen molar-refractivity contribution in [2.24, 2.45) is 0 Å².